The molecule has 2 fully saturated rings. The maximum absolute atomic E-state index is 11.2. The second-order valence-corrected chi connectivity index (χ2v) is 5.51. The first-order valence-electron chi connectivity index (χ1n) is 6.98. The third kappa shape index (κ3) is 3.89. The minimum atomic E-state index is -0.809. The Balaban J connectivity index is 1.89. The van der Waals surface area contributed by atoms with E-state index >= 15 is 0 Å². The number of carboxylic acids is 1. The molecule has 1 N–H and O–H groups in total. The van der Waals surface area contributed by atoms with E-state index in [4.69, 9.17) is 9.47 Å². The highest BCUT2D eigenvalue weighted by Crippen LogP contribution is 2.14. The molecule has 0 aromatic heterocycles. The molecule has 0 spiro atoms. The second kappa shape index (κ2) is 6.65. The lowest BCUT2D eigenvalue weighted by Crippen LogP contribution is -2.56. The van der Waals surface area contributed by atoms with Gasteiger partial charge in [-0.15, -0.1) is 0 Å². The van der Waals surface area contributed by atoms with Crippen molar-refractivity contribution in [1.29, 1.82) is 0 Å². The highest BCUT2D eigenvalue weighted by atomic mass is 16.5. The number of hydrogen-bond donors (Lipinski definition) is 1. The number of nitrogens with zero attached hydrogens (tertiary/aromatic N) is 2. The molecule has 2 heterocycles. The van der Waals surface area contributed by atoms with Crippen molar-refractivity contribution in [2.75, 3.05) is 46.0 Å². The van der Waals surface area contributed by atoms with Crippen LogP contribution in [0.4, 0.5) is 0 Å². The van der Waals surface area contributed by atoms with Gasteiger partial charge in [-0.3, -0.25) is 14.6 Å². The van der Waals surface area contributed by atoms with Gasteiger partial charge in [0.2, 0.25) is 0 Å². The number of ether oxygens (including phenoxy) is 2. The van der Waals surface area contributed by atoms with Crippen molar-refractivity contribution in [3.05, 3.63) is 0 Å². The smallest absolute Gasteiger partial charge is 0.323 e. The van der Waals surface area contributed by atoms with Crippen LogP contribution in [-0.2, 0) is 14.3 Å². The summed E-state index contributed by atoms with van der Waals surface area (Å²) in [5.41, 5.74) is 0. The Morgan fingerprint density at radius 2 is 2.16 bits per heavy atom. The maximum atomic E-state index is 11.2. The lowest BCUT2D eigenvalue weighted by Gasteiger charge is -2.40. The number of carboxylic acid groups (broad SMARTS) is 1. The summed E-state index contributed by atoms with van der Waals surface area (Å²) in [7, 11) is 0. The van der Waals surface area contributed by atoms with Crippen molar-refractivity contribution >= 4 is 5.97 Å². The maximum Gasteiger partial charge on any atom is 0.323 e. The van der Waals surface area contributed by atoms with E-state index in [1.165, 1.54) is 0 Å². The monoisotopic (exact) mass is 272 g/mol. The Hall–Kier alpha value is -0.690. The molecule has 6 heteroatoms. The molecule has 0 bridgehead atoms. The first kappa shape index (κ1) is 14.7. The molecule has 0 radical (unpaired) electrons. The summed E-state index contributed by atoms with van der Waals surface area (Å²) in [4.78, 5) is 15.6. The van der Waals surface area contributed by atoms with Crippen molar-refractivity contribution < 1.29 is 19.4 Å². The van der Waals surface area contributed by atoms with Crippen LogP contribution in [0.25, 0.3) is 0 Å². The molecular weight excluding hydrogens is 248 g/mol. The van der Waals surface area contributed by atoms with Crippen LogP contribution in [0.15, 0.2) is 0 Å². The van der Waals surface area contributed by atoms with Crippen LogP contribution in [-0.4, -0.2) is 85.1 Å². The molecule has 0 aromatic rings. The van der Waals surface area contributed by atoms with Crippen LogP contribution in [0.1, 0.15) is 13.8 Å². The first-order valence-corrected chi connectivity index (χ1v) is 6.98. The second-order valence-electron chi connectivity index (χ2n) is 5.51. The Kier molecular flexibility index (Phi) is 5.15. The van der Waals surface area contributed by atoms with Gasteiger partial charge >= 0.3 is 5.97 Å². The topological polar surface area (TPSA) is 62.2 Å². The van der Waals surface area contributed by atoms with Crippen LogP contribution in [0, 0.1) is 0 Å². The van der Waals surface area contributed by atoms with Gasteiger partial charge in [-0.25, -0.2) is 0 Å². The number of morpholine rings is 2. The van der Waals surface area contributed by atoms with E-state index in [0.717, 1.165) is 19.7 Å². The van der Waals surface area contributed by atoms with Gasteiger partial charge < -0.3 is 14.6 Å². The van der Waals surface area contributed by atoms with Crippen LogP contribution >= 0.6 is 0 Å². The van der Waals surface area contributed by atoms with Crippen molar-refractivity contribution in [1.82, 2.24) is 9.80 Å². The molecule has 2 unspecified atom stereocenters. The average Bonchev–Trinajstić information content (AvgIpc) is 2.39. The van der Waals surface area contributed by atoms with Gasteiger partial charge in [0.25, 0.3) is 0 Å². The summed E-state index contributed by atoms with van der Waals surface area (Å²) >= 11 is 0. The zero-order valence-corrected chi connectivity index (χ0v) is 11.7. The highest BCUT2D eigenvalue weighted by Gasteiger charge is 2.32. The molecule has 6 nitrogen and oxygen atoms in total. The van der Waals surface area contributed by atoms with Crippen LogP contribution in [0.2, 0.25) is 0 Å². The number of carbonyl (C=O) groups is 1. The largest absolute Gasteiger partial charge is 0.480 e. The lowest BCUT2D eigenvalue weighted by molar-refractivity contribution is -0.152. The molecule has 2 aliphatic rings. The zero-order chi connectivity index (χ0) is 13.8. The predicted octanol–water partition coefficient (Wildman–Crippen LogP) is -0.119. The fraction of sp³-hybridized carbons (Fsp3) is 0.923. The van der Waals surface area contributed by atoms with E-state index in [-0.39, 0.29) is 12.7 Å². The zero-order valence-electron chi connectivity index (χ0n) is 11.7. The Bertz CT molecular complexity index is 311. The molecule has 19 heavy (non-hydrogen) atoms. The summed E-state index contributed by atoms with van der Waals surface area (Å²) in [6.45, 7) is 9.13. The summed E-state index contributed by atoms with van der Waals surface area (Å²) in [6.07, 6.45) is 0.0936. The molecule has 0 saturated carbocycles. The predicted molar refractivity (Wildman–Crippen MR) is 70.3 cm³/mol. The average molecular weight is 272 g/mol. The standard InChI is InChI=1S/C13H24N2O4/c1-10(2)14-4-6-19-11(7-14)8-15-3-5-18-9-12(15)13(16)17/h10-12H,3-9H2,1-2H3,(H,16,17). The van der Waals surface area contributed by atoms with Crippen molar-refractivity contribution in [2.24, 2.45) is 0 Å². The Labute approximate surface area is 114 Å². The third-order valence-corrected chi connectivity index (χ3v) is 3.86. The van der Waals surface area contributed by atoms with Gasteiger partial charge in [0.1, 0.15) is 6.04 Å². The lowest BCUT2D eigenvalue weighted by atomic mass is 10.1. The number of rotatable bonds is 4. The Morgan fingerprint density at radius 3 is 2.84 bits per heavy atom. The normalized spacial score (nSPS) is 30.7. The summed E-state index contributed by atoms with van der Waals surface area (Å²) < 4.78 is 11.0. The van der Waals surface area contributed by atoms with Crippen molar-refractivity contribution in [2.45, 2.75) is 32.0 Å². The summed E-state index contributed by atoms with van der Waals surface area (Å²) in [6, 6.07) is -0.0295. The number of aliphatic carboxylic acids is 1. The molecule has 110 valence electrons. The molecule has 2 rings (SSSR count). The van der Waals surface area contributed by atoms with E-state index in [1.54, 1.807) is 0 Å². The van der Waals surface area contributed by atoms with E-state index in [1.807, 2.05) is 4.90 Å². The minimum Gasteiger partial charge on any atom is -0.480 e. The Morgan fingerprint density at radius 1 is 1.37 bits per heavy atom. The van der Waals surface area contributed by atoms with Gasteiger partial charge in [0.15, 0.2) is 0 Å². The molecule has 2 saturated heterocycles. The van der Waals surface area contributed by atoms with E-state index in [2.05, 4.69) is 18.7 Å². The SMILES string of the molecule is CC(C)N1CCOC(CN2CCOCC2C(=O)O)C1. The molecule has 0 aliphatic carbocycles. The summed E-state index contributed by atoms with van der Waals surface area (Å²) in [5, 5.41) is 9.21. The summed E-state index contributed by atoms with van der Waals surface area (Å²) in [5.74, 6) is -0.809. The fourth-order valence-electron chi connectivity index (χ4n) is 2.67. The van der Waals surface area contributed by atoms with Crippen molar-refractivity contribution in [3.63, 3.8) is 0 Å². The van der Waals surface area contributed by atoms with Gasteiger partial charge in [0, 0.05) is 32.2 Å². The van der Waals surface area contributed by atoms with Crippen LogP contribution in [0.3, 0.4) is 0 Å². The molecule has 2 aliphatic heterocycles. The van der Waals surface area contributed by atoms with Crippen molar-refractivity contribution in [3.8, 4) is 0 Å². The highest BCUT2D eigenvalue weighted by molar-refractivity contribution is 5.73. The first-order chi connectivity index (χ1) is 9.08. The van der Waals surface area contributed by atoms with E-state index in [0.29, 0.717) is 25.7 Å². The van der Waals surface area contributed by atoms with Crippen LogP contribution in [0.5, 0.6) is 0 Å². The van der Waals surface area contributed by atoms with Gasteiger partial charge in [0.05, 0.1) is 25.9 Å². The van der Waals surface area contributed by atoms with E-state index < -0.39 is 12.0 Å². The quantitative estimate of drug-likeness (QED) is 0.770. The molecule has 0 aromatic carbocycles. The van der Waals surface area contributed by atoms with Gasteiger partial charge in [-0.1, -0.05) is 0 Å². The molecule has 0 amide bonds. The number of hydrogen-bond acceptors (Lipinski definition) is 5. The molecule has 2 atom stereocenters. The third-order valence-electron chi connectivity index (χ3n) is 3.86. The fourth-order valence-corrected chi connectivity index (χ4v) is 2.67. The van der Waals surface area contributed by atoms with E-state index in [9.17, 15) is 9.90 Å². The molecular formula is C13H24N2O4. The van der Waals surface area contributed by atoms with Crippen LogP contribution < -0.4 is 0 Å². The van der Waals surface area contributed by atoms with Gasteiger partial charge in [-0.2, -0.15) is 0 Å². The minimum absolute atomic E-state index is 0.0936. The van der Waals surface area contributed by atoms with Gasteiger partial charge in [-0.05, 0) is 13.8 Å².